The number of hydrogen-bond acceptors (Lipinski definition) is 6. The van der Waals surface area contributed by atoms with Crippen LogP contribution in [0.1, 0.15) is 98.8 Å². The first-order valence-electron chi connectivity index (χ1n) is 14.1. The van der Waals surface area contributed by atoms with E-state index in [1.54, 1.807) is 13.8 Å². The maximum Gasteiger partial charge on any atom is 0.313 e. The second kappa shape index (κ2) is 8.26. The fourth-order valence-corrected chi connectivity index (χ4v) is 9.73. The quantitative estimate of drug-likeness (QED) is 0.503. The molecule has 10 atom stereocenters. The maximum atomic E-state index is 13.7. The summed E-state index contributed by atoms with van der Waals surface area (Å²) < 4.78 is 6.42. The molecule has 0 aromatic rings. The number of ketones is 1. The molecule has 5 aliphatic rings. The smallest absolute Gasteiger partial charge is 0.313 e. The van der Waals surface area contributed by atoms with Crippen molar-refractivity contribution in [1.82, 2.24) is 0 Å². The van der Waals surface area contributed by atoms with Crippen molar-refractivity contribution < 1.29 is 29.6 Å². The summed E-state index contributed by atoms with van der Waals surface area (Å²) in [6, 6.07) is 0. The number of Topliss-reactive ketones (excluding diaryl/α,β-unsaturated/α-hetero) is 1. The summed E-state index contributed by atoms with van der Waals surface area (Å²) in [6.45, 7) is 9.60. The lowest BCUT2D eigenvalue weighted by Gasteiger charge is -2.47. The van der Waals surface area contributed by atoms with Gasteiger partial charge in [-0.2, -0.15) is 0 Å². The van der Waals surface area contributed by atoms with E-state index in [4.69, 9.17) is 4.74 Å². The molecule has 6 heteroatoms. The van der Waals surface area contributed by atoms with Gasteiger partial charge in [0.1, 0.15) is 11.4 Å². The molecule has 5 fully saturated rings. The fourth-order valence-electron chi connectivity index (χ4n) is 9.73. The zero-order valence-electron chi connectivity index (χ0n) is 22.3. The van der Waals surface area contributed by atoms with E-state index >= 15 is 0 Å². The van der Waals surface area contributed by atoms with Crippen LogP contribution in [0.2, 0.25) is 0 Å². The maximum absolute atomic E-state index is 13.7. The molecule has 3 N–H and O–H groups in total. The number of rotatable bonds is 5. The Kier molecular flexibility index (Phi) is 6.06. The zero-order valence-corrected chi connectivity index (χ0v) is 22.3. The first-order valence-corrected chi connectivity index (χ1v) is 14.1. The third kappa shape index (κ3) is 3.67. The van der Waals surface area contributed by atoms with Crippen molar-refractivity contribution in [3.05, 3.63) is 0 Å². The van der Waals surface area contributed by atoms with Crippen LogP contribution in [0.4, 0.5) is 0 Å². The summed E-state index contributed by atoms with van der Waals surface area (Å²) >= 11 is 0. The first-order chi connectivity index (χ1) is 16.2. The van der Waals surface area contributed by atoms with Crippen LogP contribution in [0.25, 0.3) is 0 Å². The Hall–Kier alpha value is -0.980. The van der Waals surface area contributed by atoms with E-state index < -0.39 is 28.8 Å². The normalized spacial score (nSPS) is 46.2. The minimum atomic E-state index is -1.15. The Morgan fingerprint density at radius 2 is 1.77 bits per heavy atom. The highest BCUT2D eigenvalue weighted by molar-refractivity contribution is 5.85. The van der Waals surface area contributed by atoms with Crippen molar-refractivity contribution in [3.8, 4) is 0 Å². The highest BCUT2D eigenvalue weighted by Crippen LogP contribution is 2.71. The van der Waals surface area contributed by atoms with Gasteiger partial charge in [-0.15, -0.1) is 0 Å². The molecule has 1 aliphatic heterocycles. The van der Waals surface area contributed by atoms with Crippen LogP contribution in [0.5, 0.6) is 0 Å². The lowest BCUT2D eigenvalue weighted by atomic mass is 9.54. The minimum Gasteiger partial charge on any atom is -0.458 e. The topological polar surface area (TPSA) is 104 Å². The van der Waals surface area contributed by atoms with Gasteiger partial charge in [0, 0.05) is 17.8 Å². The van der Waals surface area contributed by atoms with Crippen LogP contribution >= 0.6 is 0 Å². The molecule has 6 nitrogen and oxygen atoms in total. The lowest BCUT2D eigenvalue weighted by Crippen LogP contribution is -2.49. The molecule has 0 unspecified atom stereocenters. The SMILES string of the molecule is C[C@H](CC[C@H](O)C(C)(C)O)[C@H]1[C@H](O)C[C@]23C(=O)O[C@@]4(CC[C@H]12)C[C@@H]1CCC(=O)C(C)(C)[C@@H]1CC[C@H]43. The van der Waals surface area contributed by atoms with E-state index in [2.05, 4.69) is 20.8 Å². The summed E-state index contributed by atoms with van der Waals surface area (Å²) in [5.41, 5.74) is -2.52. The van der Waals surface area contributed by atoms with Gasteiger partial charge in [-0.25, -0.2) is 0 Å². The monoisotopic (exact) mass is 490 g/mol. The molecule has 4 saturated carbocycles. The van der Waals surface area contributed by atoms with Crippen LogP contribution in [0.3, 0.4) is 0 Å². The van der Waals surface area contributed by atoms with Crippen LogP contribution < -0.4 is 0 Å². The first kappa shape index (κ1) is 25.7. The van der Waals surface area contributed by atoms with Crippen LogP contribution in [0.15, 0.2) is 0 Å². The second-order valence-corrected chi connectivity index (χ2v) is 14.1. The van der Waals surface area contributed by atoms with Gasteiger partial charge in [-0.1, -0.05) is 20.8 Å². The summed E-state index contributed by atoms with van der Waals surface area (Å²) in [6.07, 6.45) is 6.27. The van der Waals surface area contributed by atoms with E-state index in [0.29, 0.717) is 43.3 Å². The fraction of sp³-hybridized carbons (Fsp3) is 0.931. The standard InChI is InChI=1S/C29H46O6/c1-16(6-10-23(32)27(4,5)34)24-19-12-13-28-14-17-7-11-22(31)26(2,3)18(17)8-9-21(28)29(19,15-20(24)30)25(33)35-28/h16-21,23-24,30,32,34H,6-15H2,1-5H3/t16-,17+,18-,19-,20-,21-,23+,24-,28+,29+/m1/s1. The molecule has 0 amide bonds. The molecule has 35 heavy (non-hydrogen) atoms. The average Bonchev–Trinajstić information content (AvgIpc) is 3.04. The highest BCUT2D eigenvalue weighted by atomic mass is 16.6. The minimum absolute atomic E-state index is 0.00351. The Morgan fingerprint density at radius 1 is 1.06 bits per heavy atom. The summed E-state index contributed by atoms with van der Waals surface area (Å²) in [4.78, 5) is 26.5. The number of fused-ring (bicyclic) bond motifs is 1. The van der Waals surface area contributed by atoms with Gasteiger partial charge < -0.3 is 20.1 Å². The molecule has 1 saturated heterocycles. The molecular weight excluding hydrogens is 444 g/mol. The van der Waals surface area contributed by atoms with Crippen molar-refractivity contribution in [2.24, 2.45) is 46.3 Å². The van der Waals surface area contributed by atoms with E-state index in [-0.39, 0.29) is 35.1 Å². The summed E-state index contributed by atoms with van der Waals surface area (Å²) in [7, 11) is 0. The molecule has 1 spiro atoms. The van der Waals surface area contributed by atoms with Crippen molar-refractivity contribution in [2.75, 3.05) is 0 Å². The predicted octanol–water partition coefficient (Wildman–Crippen LogP) is 4.03. The highest BCUT2D eigenvalue weighted by Gasteiger charge is 2.75. The van der Waals surface area contributed by atoms with E-state index in [9.17, 15) is 24.9 Å². The number of aliphatic hydroxyl groups excluding tert-OH is 2. The predicted molar refractivity (Wildman–Crippen MR) is 131 cm³/mol. The molecule has 0 aromatic heterocycles. The third-order valence-corrected chi connectivity index (χ3v) is 11.6. The van der Waals surface area contributed by atoms with Gasteiger partial charge in [0.2, 0.25) is 0 Å². The van der Waals surface area contributed by atoms with Gasteiger partial charge in [-0.3, -0.25) is 9.59 Å². The average molecular weight is 491 g/mol. The second-order valence-electron chi connectivity index (χ2n) is 14.1. The third-order valence-electron chi connectivity index (χ3n) is 11.6. The molecule has 5 rings (SSSR count). The van der Waals surface area contributed by atoms with Crippen molar-refractivity contribution in [3.63, 3.8) is 0 Å². The Morgan fingerprint density at radius 3 is 2.46 bits per heavy atom. The zero-order chi connectivity index (χ0) is 25.6. The number of esters is 1. The summed E-state index contributed by atoms with van der Waals surface area (Å²) in [5.74, 6) is 1.38. The molecule has 198 valence electrons. The lowest BCUT2D eigenvalue weighted by molar-refractivity contribution is -0.156. The van der Waals surface area contributed by atoms with Crippen molar-refractivity contribution in [2.45, 2.75) is 122 Å². The molecule has 0 radical (unpaired) electrons. The van der Waals surface area contributed by atoms with Gasteiger partial charge >= 0.3 is 5.97 Å². The van der Waals surface area contributed by atoms with Gasteiger partial charge in [0.15, 0.2) is 0 Å². The van der Waals surface area contributed by atoms with Crippen LogP contribution in [-0.2, 0) is 14.3 Å². The molecule has 2 bridgehead atoms. The van der Waals surface area contributed by atoms with Gasteiger partial charge in [-0.05, 0) is 101 Å². The number of carbonyl (C=O) groups excluding carboxylic acids is 2. The van der Waals surface area contributed by atoms with Crippen LogP contribution in [0, 0.1) is 46.3 Å². The van der Waals surface area contributed by atoms with Crippen molar-refractivity contribution >= 4 is 11.8 Å². The Balaban J connectivity index is 1.41. The molecule has 1 heterocycles. The van der Waals surface area contributed by atoms with E-state index in [1.165, 1.54) is 0 Å². The van der Waals surface area contributed by atoms with E-state index in [1.807, 2.05) is 0 Å². The molecule has 4 aliphatic carbocycles. The number of carbonyl (C=O) groups is 2. The van der Waals surface area contributed by atoms with Gasteiger partial charge in [0.25, 0.3) is 0 Å². The number of ether oxygens (including phenoxy) is 1. The van der Waals surface area contributed by atoms with Crippen LogP contribution in [-0.4, -0.2) is 50.5 Å². The summed E-state index contributed by atoms with van der Waals surface area (Å²) in [5, 5.41) is 31.9. The Labute approximate surface area is 210 Å². The molecule has 0 aromatic carbocycles. The Bertz CT molecular complexity index is 875. The molecular formula is C29H46O6. The van der Waals surface area contributed by atoms with E-state index in [0.717, 1.165) is 38.5 Å². The van der Waals surface area contributed by atoms with Crippen molar-refractivity contribution in [1.29, 1.82) is 0 Å². The van der Waals surface area contributed by atoms with Gasteiger partial charge in [0.05, 0.1) is 23.2 Å². The largest absolute Gasteiger partial charge is 0.458 e. The number of aliphatic hydroxyl groups is 3. The number of hydrogen-bond donors (Lipinski definition) is 3.